The van der Waals surface area contributed by atoms with Gasteiger partial charge >= 0.3 is 0 Å². The number of methoxy groups -OCH3 is 1. The van der Waals surface area contributed by atoms with Crippen LogP contribution in [-0.2, 0) is 11.3 Å². The van der Waals surface area contributed by atoms with E-state index >= 15 is 0 Å². The molecule has 28 heavy (non-hydrogen) atoms. The molecule has 148 valence electrons. The van der Waals surface area contributed by atoms with E-state index in [0.29, 0.717) is 18.4 Å². The Bertz CT molecular complexity index is 839. The summed E-state index contributed by atoms with van der Waals surface area (Å²) in [6.45, 7) is 4.79. The number of rotatable bonds is 4. The van der Waals surface area contributed by atoms with Crippen molar-refractivity contribution in [2.24, 2.45) is 5.92 Å². The molecule has 0 N–H and O–H groups in total. The highest BCUT2D eigenvalue weighted by Gasteiger charge is 2.46. The van der Waals surface area contributed by atoms with Crippen molar-refractivity contribution in [3.05, 3.63) is 65.5 Å². The Morgan fingerprint density at radius 2 is 1.89 bits per heavy atom. The molecule has 2 fully saturated rings. The highest BCUT2D eigenvalue weighted by molar-refractivity contribution is 5.74. The summed E-state index contributed by atoms with van der Waals surface area (Å²) in [5, 5.41) is 0. The van der Waals surface area contributed by atoms with Crippen molar-refractivity contribution in [2.45, 2.75) is 31.8 Å². The summed E-state index contributed by atoms with van der Waals surface area (Å²) in [5.41, 5.74) is 1.98. The quantitative estimate of drug-likeness (QED) is 0.809. The zero-order valence-corrected chi connectivity index (χ0v) is 16.5. The largest absolute Gasteiger partial charge is 0.497 e. The average Bonchev–Trinajstić information content (AvgIpc) is 3.09. The summed E-state index contributed by atoms with van der Waals surface area (Å²) in [4.78, 5) is 16.6. The number of halogens is 1. The molecular formula is C23H27FN2O2. The Morgan fingerprint density at radius 1 is 1.14 bits per heavy atom. The van der Waals surface area contributed by atoms with E-state index in [9.17, 15) is 9.18 Å². The first-order valence-electron chi connectivity index (χ1n) is 9.93. The highest BCUT2D eigenvalue weighted by Crippen LogP contribution is 2.42. The molecule has 0 bridgehead atoms. The fourth-order valence-electron chi connectivity index (χ4n) is 4.88. The lowest BCUT2D eigenvalue weighted by Gasteiger charge is -2.38. The van der Waals surface area contributed by atoms with E-state index in [4.69, 9.17) is 4.74 Å². The molecular weight excluding hydrogens is 355 g/mol. The zero-order chi connectivity index (χ0) is 19.7. The fourth-order valence-corrected chi connectivity index (χ4v) is 4.88. The van der Waals surface area contributed by atoms with Crippen LogP contribution in [0.25, 0.3) is 0 Å². The number of ether oxygens (including phenoxy) is 1. The molecule has 2 aliphatic heterocycles. The Kier molecular flexibility index (Phi) is 5.36. The maximum Gasteiger partial charge on any atom is 0.219 e. The highest BCUT2D eigenvalue weighted by atomic mass is 19.1. The second kappa shape index (κ2) is 7.92. The molecule has 2 aliphatic rings. The summed E-state index contributed by atoms with van der Waals surface area (Å²) in [6, 6.07) is 15.5. The smallest absolute Gasteiger partial charge is 0.219 e. The van der Waals surface area contributed by atoms with Gasteiger partial charge in [-0.25, -0.2) is 4.39 Å². The molecule has 4 nitrogen and oxygen atoms in total. The predicted molar refractivity (Wildman–Crippen MR) is 107 cm³/mol. The number of carbonyl (C=O) groups excluding carboxylic acids is 1. The third kappa shape index (κ3) is 3.63. The number of hydrogen-bond acceptors (Lipinski definition) is 3. The van der Waals surface area contributed by atoms with Crippen LogP contribution in [0.4, 0.5) is 4.39 Å². The van der Waals surface area contributed by atoms with E-state index in [2.05, 4.69) is 17.0 Å². The molecule has 2 saturated heterocycles. The first kappa shape index (κ1) is 18.9. The van der Waals surface area contributed by atoms with E-state index < -0.39 is 0 Å². The van der Waals surface area contributed by atoms with Crippen molar-refractivity contribution < 1.29 is 13.9 Å². The van der Waals surface area contributed by atoms with Crippen molar-refractivity contribution in [2.75, 3.05) is 26.7 Å². The second-order valence-corrected chi connectivity index (χ2v) is 7.90. The number of hydrogen-bond donors (Lipinski definition) is 0. The van der Waals surface area contributed by atoms with Crippen LogP contribution in [0.3, 0.4) is 0 Å². The first-order chi connectivity index (χ1) is 13.6. The van der Waals surface area contributed by atoms with Crippen LogP contribution in [0.15, 0.2) is 48.5 Å². The number of fused-ring (bicyclic) bond motifs is 1. The summed E-state index contributed by atoms with van der Waals surface area (Å²) >= 11 is 0. The molecule has 0 radical (unpaired) electrons. The third-order valence-corrected chi connectivity index (χ3v) is 6.32. The van der Waals surface area contributed by atoms with Crippen molar-refractivity contribution >= 4 is 5.91 Å². The van der Waals surface area contributed by atoms with E-state index in [1.165, 1.54) is 11.6 Å². The Labute approximate surface area is 165 Å². The average molecular weight is 382 g/mol. The van der Waals surface area contributed by atoms with Crippen LogP contribution >= 0.6 is 0 Å². The van der Waals surface area contributed by atoms with Gasteiger partial charge in [-0.2, -0.15) is 0 Å². The molecule has 0 spiro atoms. The van der Waals surface area contributed by atoms with Crippen molar-refractivity contribution in [1.82, 2.24) is 9.80 Å². The van der Waals surface area contributed by atoms with Crippen molar-refractivity contribution in [1.29, 1.82) is 0 Å². The summed E-state index contributed by atoms with van der Waals surface area (Å²) < 4.78 is 19.4. The lowest BCUT2D eigenvalue weighted by molar-refractivity contribution is -0.130. The number of likely N-dealkylation sites (tertiary alicyclic amines) is 2. The van der Waals surface area contributed by atoms with E-state index in [0.717, 1.165) is 37.4 Å². The molecule has 0 aliphatic carbocycles. The van der Waals surface area contributed by atoms with Gasteiger partial charge in [0.1, 0.15) is 11.6 Å². The number of piperidine rings is 1. The molecule has 4 rings (SSSR count). The Balaban J connectivity index is 1.56. The van der Waals surface area contributed by atoms with Gasteiger partial charge in [-0.15, -0.1) is 0 Å². The molecule has 0 unspecified atom stereocenters. The lowest BCUT2D eigenvalue weighted by Crippen LogP contribution is -2.47. The van der Waals surface area contributed by atoms with Gasteiger partial charge in [0.15, 0.2) is 0 Å². The number of amides is 1. The van der Waals surface area contributed by atoms with Crippen LogP contribution in [0, 0.1) is 11.7 Å². The minimum absolute atomic E-state index is 0.145. The third-order valence-electron chi connectivity index (χ3n) is 6.32. The van der Waals surface area contributed by atoms with Crippen LogP contribution in [0.5, 0.6) is 5.75 Å². The lowest BCUT2D eigenvalue weighted by atomic mass is 9.81. The van der Waals surface area contributed by atoms with E-state index in [-0.39, 0.29) is 17.8 Å². The van der Waals surface area contributed by atoms with Gasteiger partial charge in [0.25, 0.3) is 0 Å². The molecule has 2 aromatic rings. The maximum absolute atomic E-state index is 14.1. The van der Waals surface area contributed by atoms with Gasteiger partial charge in [0, 0.05) is 56.5 Å². The van der Waals surface area contributed by atoms with E-state index in [1.807, 2.05) is 29.2 Å². The SMILES string of the molecule is COc1ccc([C@H]2CN(C(C)=O)[C@@H]3CCN(Cc4ccccc4F)C[C@H]23)cc1. The Morgan fingerprint density at radius 3 is 2.57 bits per heavy atom. The van der Waals surface area contributed by atoms with Crippen LogP contribution in [0.2, 0.25) is 0 Å². The zero-order valence-electron chi connectivity index (χ0n) is 16.5. The maximum atomic E-state index is 14.1. The molecule has 1 amide bonds. The standard InChI is InChI=1S/C23H27FN2O2/c1-16(27)26-15-20(17-7-9-19(28-2)10-8-17)21-14-25(12-11-23(21)26)13-18-5-3-4-6-22(18)24/h3-10,20-21,23H,11-15H2,1-2H3/t20-,21-,23-/m1/s1. The van der Waals surface area contributed by atoms with Crippen molar-refractivity contribution in [3.63, 3.8) is 0 Å². The summed E-state index contributed by atoms with van der Waals surface area (Å²) in [5.74, 6) is 1.49. The van der Waals surface area contributed by atoms with Gasteiger partial charge in [-0.05, 0) is 30.2 Å². The molecule has 0 saturated carbocycles. The van der Waals surface area contributed by atoms with E-state index in [1.54, 1.807) is 20.1 Å². The van der Waals surface area contributed by atoms with Crippen LogP contribution in [-0.4, -0.2) is 48.5 Å². The number of nitrogens with zero attached hydrogens (tertiary/aromatic N) is 2. The Hall–Kier alpha value is -2.40. The van der Waals surface area contributed by atoms with Gasteiger partial charge in [0.05, 0.1) is 7.11 Å². The van der Waals surface area contributed by atoms with Crippen LogP contribution < -0.4 is 4.74 Å². The molecule has 5 heteroatoms. The summed E-state index contributed by atoms with van der Waals surface area (Å²) in [7, 11) is 1.67. The molecule has 2 aromatic carbocycles. The van der Waals surface area contributed by atoms with Crippen molar-refractivity contribution in [3.8, 4) is 5.75 Å². The van der Waals surface area contributed by atoms with Gasteiger partial charge < -0.3 is 9.64 Å². The second-order valence-electron chi connectivity index (χ2n) is 7.90. The predicted octanol–water partition coefficient (Wildman–Crippen LogP) is 3.67. The van der Waals surface area contributed by atoms with Gasteiger partial charge in [-0.1, -0.05) is 30.3 Å². The minimum Gasteiger partial charge on any atom is -0.497 e. The van der Waals surface area contributed by atoms with Crippen LogP contribution in [0.1, 0.15) is 30.4 Å². The molecule has 0 aromatic heterocycles. The normalized spacial score (nSPS) is 24.8. The first-order valence-corrected chi connectivity index (χ1v) is 9.93. The minimum atomic E-state index is -0.145. The monoisotopic (exact) mass is 382 g/mol. The molecule has 3 atom stereocenters. The summed E-state index contributed by atoms with van der Waals surface area (Å²) in [6.07, 6.45) is 0.936. The number of carbonyl (C=O) groups is 1. The van der Waals surface area contributed by atoms with Gasteiger partial charge in [0.2, 0.25) is 5.91 Å². The number of benzene rings is 2. The molecule has 2 heterocycles. The van der Waals surface area contributed by atoms with Gasteiger partial charge in [-0.3, -0.25) is 9.69 Å². The topological polar surface area (TPSA) is 32.8 Å². The fraction of sp³-hybridized carbons (Fsp3) is 0.435.